The number of amides is 1. The largest absolute Gasteiger partial charge is 1.00 e. The van der Waals surface area contributed by atoms with Crippen LogP contribution in [-0.4, -0.2) is 31.8 Å². The van der Waals surface area contributed by atoms with Crippen LogP contribution < -0.4 is 23.6 Å². The van der Waals surface area contributed by atoms with Gasteiger partial charge in [-0.3, -0.25) is 13.9 Å². The van der Waals surface area contributed by atoms with Crippen LogP contribution in [0.5, 0.6) is 0 Å². The fraction of sp³-hybridized carbons (Fsp3) is 0. The molecule has 0 aliphatic carbocycles. The molecule has 1 aliphatic heterocycles. The third kappa shape index (κ3) is 4.77. The molecule has 1 aromatic carbocycles. The van der Waals surface area contributed by atoms with Crippen LogP contribution in [-0.2, 0) is 20.4 Å². The number of carbonyl (C=O) groups excluding carboxylic acids is 1. The molecule has 1 aromatic rings. The Hall–Kier alpha value is -0.893. The molecule has 0 unspecified atom stereocenters. The Balaban J connectivity index is 0. The van der Waals surface area contributed by atoms with E-state index >= 15 is 0 Å². The molecule has 1 heterocycles. The number of nitrogens with one attached hydrogen (secondary N) is 1. The summed E-state index contributed by atoms with van der Waals surface area (Å²) in [6.45, 7) is 0. The minimum absolute atomic E-state index is 0. The van der Waals surface area contributed by atoms with Gasteiger partial charge in [0.05, 0.1) is 5.56 Å². The topological polar surface area (TPSA) is 138 Å². The third-order valence-corrected chi connectivity index (χ3v) is 3.04. The molecule has 3 N–H and O–H groups in total. The van der Waals surface area contributed by atoms with Gasteiger partial charge in [0.2, 0.25) is 0 Å². The van der Waals surface area contributed by atoms with E-state index in [9.17, 15) is 13.2 Å². The number of hydrogen-bond acceptors (Lipinski definition) is 5. The molecule has 18 heavy (non-hydrogen) atoms. The van der Waals surface area contributed by atoms with Gasteiger partial charge in [-0.2, -0.15) is 8.42 Å². The van der Waals surface area contributed by atoms with E-state index < -0.39 is 26.3 Å². The molecule has 1 aliphatic rings. The van der Waals surface area contributed by atoms with E-state index in [1.807, 2.05) is 4.72 Å². The predicted octanol–water partition coefficient (Wildman–Crippen LogP) is -3.42. The molecule has 2 rings (SSSR count). The SMILES string of the molecule is O=C1NS(=O)(=O)c2ccccc21.O=S(=O)(O)O.[H-].[Li+]. The quantitative estimate of drug-likeness (QED) is 0.334. The van der Waals surface area contributed by atoms with Crippen LogP contribution in [0.3, 0.4) is 0 Å². The van der Waals surface area contributed by atoms with Crippen molar-refractivity contribution in [2.24, 2.45) is 0 Å². The Morgan fingerprint density at radius 3 is 2.06 bits per heavy atom. The second-order valence-electron chi connectivity index (χ2n) is 2.88. The maximum atomic E-state index is 11.1. The molecular weight excluding hydrogens is 281 g/mol. The summed E-state index contributed by atoms with van der Waals surface area (Å²) in [5.41, 5.74) is 0.220. The number of sulfonamides is 1. The Bertz CT molecular complexity index is 650. The van der Waals surface area contributed by atoms with Crippen molar-refractivity contribution in [3.63, 3.8) is 0 Å². The van der Waals surface area contributed by atoms with Gasteiger partial charge < -0.3 is 1.43 Å². The third-order valence-electron chi connectivity index (χ3n) is 1.65. The maximum Gasteiger partial charge on any atom is 1.00 e. The average Bonchev–Trinajstić information content (AvgIpc) is 2.36. The van der Waals surface area contributed by atoms with Crippen LogP contribution in [0.15, 0.2) is 29.2 Å². The van der Waals surface area contributed by atoms with Crippen LogP contribution in [0.4, 0.5) is 0 Å². The van der Waals surface area contributed by atoms with Gasteiger partial charge >= 0.3 is 29.3 Å². The normalized spacial score (nSPS) is 15.6. The molecule has 11 heteroatoms. The summed E-state index contributed by atoms with van der Waals surface area (Å²) in [5.74, 6) is -0.550. The summed E-state index contributed by atoms with van der Waals surface area (Å²) in [5, 5.41) is 0. The van der Waals surface area contributed by atoms with E-state index in [4.69, 9.17) is 17.5 Å². The molecule has 0 spiro atoms. The number of hydrogen-bond donors (Lipinski definition) is 3. The van der Waals surface area contributed by atoms with Gasteiger partial charge in [0.25, 0.3) is 15.9 Å². The van der Waals surface area contributed by atoms with Gasteiger partial charge in [0, 0.05) is 0 Å². The first-order valence-electron chi connectivity index (χ1n) is 3.97. The van der Waals surface area contributed by atoms with E-state index in [-0.39, 0.29) is 30.7 Å². The Labute approximate surface area is 117 Å². The van der Waals surface area contributed by atoms with Gasteiger partial charge in [-0.15, -0.1) is 0 Å². The van der Waals surface area contributed by atoms with Crippen LogP contribution in [0.2, 0.25) is 0 Å². The smallest absolute Gasteiger partial charge is 1.00 e. The molecule has 0 radical (unpaired) electrons. The molecule has 0 bridgehead atoms. The first-order valence-corrected chi connectivity index (χ1v) is 6.85. The van der Waals surface area contributed by atoms with Gasteiger partial charge in [0.15, 0.2) is 0 Å². The van der Waals surface area contributed by atoms with Crippen molar-refractivity contribution in [1.82, 2.24) is 4.72 Å². The van der Waals surface area contributed by atoms with Crippen molar-refractivity contribution in [2.45, 2.75) is 4.90 Å². The summed E-state index contributed by atoms with van der Waals surface area (Å²) in [6, 6.07) is 6.09. The van der Waals surface area contributed by atoms with Gasteiger partial charge in [-0.1, -0.05) is 12.1 Å². The molecule has 8 nitrogen and oxygen atoms in total. The maximum absolute atomic E-state index is 11.1. The molecule has 0 saturated carbocycles. The predicted molar refractivity (Wildman–Crippen MR) is 56.4 cm³/mol. The van der Waals surface area contributed by atoms with Crippen molar-refractivity contribution < 1.29 is 51.0 Å². The van der Waals surface area contributed by atoms with Crippen molar-refractivity contribution in [2.75, 3.05) is 0 Å². The zero-order chi connectivity index (χ0) is 13.3. The fourth-order valence-corrected chi connectivity index (χ4v) is 2.29. The Morgan fingerprint density at radius 1 is 1.17 bits per heavy atom. The Kier molecular flexibility index (Phi) is 5.54. The fourth-order valence-electron chi connectivity index (χ4n) is 1.12. The van der Waals surface area contributed by atoms with Crippen molar-refractivity contribution in [3.8, 4) is 0 Å². The zero-order valence-corrected chi connectivity index (χ0v) is 10.7. The molecule has 0 saturated heterocycles. The minimum atomic E-state index is -4.67. The van der Waals surface area contributed by atoms with Crippen LogP contribution >= 0.6 is 0 Å². The van der Waals surface area contributed by atoms with Crippen LogP contribution in [0.25, 0.3) is 0 Å². The molecule has 96 valence electrons. The van der Waals surface area contributed by atoms with Gasteiger partial charge in [-0.25, -0.2) is 13.1 Å². The summed E-state index contributed by atoms with van der Waals surface area (Å²) in [4.78, 5) is 11.1. The zero-order valence-electron chi connectivity index (χ0n) is 10.1. The van der Waals surface area contributed by atoms with Crippen LogP contribution in [0, 0.1) is 0 Å². The first kappa shape index (κ1) is 17.1. The Morgan fingerprint density at radius 2 is 1.61 bits per heavy atom. The molecular formula is C7H8LiNO7S2. The van der Waals surface area contributed by atoms with Crippen molar-refractivity contribution in [1.29, 1.82) is 0 Å². The van der Waals surface area contributed by atoms with Crippen molar-refractivity contribution >= 4 is 26.3 Å². The average molecular weight is 289 g/mol. The standard InChI is InChI=1S/C7H5NO3S.Li.H2O4S.H/c9-7-5-3-1-2-4-6(5)12(10,11)8-7;;1-5(2,3)4;/h1-4H,(H,8,9);;(H2,1,2,3,4);/q;+1;;-1. The van der Waals surface area contributed by atoms with E-state index in [1.165, 1.54) is 12.1 Å². The summed E-state index contributed by atoms with van der Waals surface area (Å²) in [7, 11) is -8.22. The number of rotatable bonds is 0. The molecule has 0 atom stereocenters. The monoisotopic (exact) mass is 289 g/mol. The first-order chi connectivity index (χ1) is 7.61. The number of benzene rings is 1. The second-order valence-corrected chi connectivity index (χ2v) is 5.43. The van der Waals surface area contributed by atoms with Crippen LogP contribution in [0.1, 0.15) is 11.8 Å². The van der Waals surface area contributed by atoms with E-state index in [1.54, 1.807) is 12.1 Å². The molecule has 1 amide bonds. The minimum Gasteiger partial charge on any atom is -1.00 e. The summed E-state index contributed by atoms with van der Waals surface area (Å²) >= 11 is 0. The van der Waals surface area contributed by atoms with Crippen molar-refractivity contribution in [3.05, 3.63) is 29.8 Å². The van der Waals surface area contributed by atoms with Gasteiger partial charge in [0.1, 0.15) is 4.90 Å². The summed E-state index contributed by atoms with van der Waals surface area (Å²) in [6.07, 6.45) is 0. The number of carbonyl (C=O) groups is 1. The molecule has 0 aromatic heterocycles. The van der Waals surface area contributed by atoms with E-state index in [0.29, 0.717) is 0 Å². The summed E-state index contributed by atoms with van der Waals surface area (Å²) < 4.78 is 55.7. The molecule has 0 fully saturated rings. The van der Waals surface area contributed by atoms with E-state index in [0.717, 1.165) is 0 Å². The van der Waals surface area contributed by atoms with Gasteiger partial charge in [-0.05, 0) is 12.1 Å². The number of fused-ring (bicyclic) bond motifs is 1. The second kappa shape index (κ2) is 5.83. The van der Waals surface area contributed by atoms with E-state index in [2.05, 4.69) is 0 Å².